The number of aromatic nitrogens is 2. The fourth-order valence-electron chi connectivity index (χ4n) is 3.39. The number of nitrogens with two attached hydrogens (primary N) is 1. The van der Waals surface area contributed by atoms with Crippen molar-refractivity contribution in [3.05, 3.63) is 48.3 Å². The van der Waals surface area contributed by atoms with Gasteiger partial charge in [0, 0.05) is 32.8 Å². The van der Waals surface area contributed by atoms with Gasteiger partial charge in [0.2, 0.25) is 5.91 Å². The molecule has 7 nitrogen and oxygen atoms in total. The average molecular weight is 354 g/mol. The number of guanidine groups is 1. The molecule has 2 aromatic rings. The number of carbonyl (C=O) groups is 1. The van der Waals surface area contributed by atoms with Crippen molar-refractivity contribution >= 4 is 11.9 Å². The molecule has 1 aliphatic rings. The first kappa shape index (κ1) is 18.0. The van der Waals surface area contributed by atoms with Crippen molar-refractivity contribution in [1.82, 2.24) is 20.0 Å². The molecule has 0 bridgehead atoms. The molecule has 0 saturated carbocycles. The first-order valence-electron chi connectivity index (χ1n) is 8.99. The highest BCUT2D eigenvalue weighted by atomic mass is 16.1. The number of amides is 1. The maximum absolute atomic E-state index is 11.2. The molecule has 1 aliphatic heterocycles. The molecule has 138 valence electrons. The standard InChI is InChI=1S/C19H26N6O/c1-21-19(24-10-5-6-15(14-24)12-18(20)26)22-13-16-9-11-25(23-16)17-7-3-2-4-8-17/h2-4,7-9,11,15H,5-6,10,12-14H2,1H3,(H2,20,26)(H,21,22). The van der Waals surface area contributed by atoms with Crippen LogP contribution in [-0.2, 0) is 11.3 Å². The van der Waals surface area contributed by atoms with Gasteiger partial charge in [0.15, 0.2) is 5.96 Å². The summed E-state index contributed by atoms with van der Waals surface area (Å²) in [7, 11) is 1.78. The van der Waals surface area contributed by atoms with Gasteiger partial charge in [-0.15, -0.1) is 0 Å². The van der Waals surface area contributed by atoms with Crippen LogP contribution in [0.2, 0.25) is 0 Å². The number of nitrogens with one attached hydrogen (secondary N) is 1. The van der Waals surface area contributed by atoms with Crippen molar-refractivity contribution in [2.24, 2.45) is 16.6 Å². The van der Waals surface area contributed by atoms with Crippen molar-refractivity contribution in [2.45, 2.75) is 25.8 Å². The number of nitrogens with zero attached hydrogens (tertiary/aromatic N) is 4. The molecule has 0 radical (unpaired) electrons. The quantitative estimate of drug-likeness (QED) is 0.630. The van der Waals surface area contributed by atoms with E-state index in [4.69, 9.17) is 5.73 Å². The van der Waals surface area contributed by atoms with Crippen LogP contribution in [0.3, 0.4) is 0 Å². The predicted octanol–water partition coefficient (Wildman–Crippen LogP) is 1.54. The number of benzene rings is 1. The Balaban J connectivity index is 1.58. The van der Waals surface area contributed by atoms with E-state index in [0.29, 0.717) is 18.9 Å². The molecule has 2 heterocycles. The molecule has 1 atom stereocenters. The van der Waals surface area contributed by atoms with E-state index >= 15 is 0 Å². The van der Waals surface area contributed by atoms with E-state index in [9.17, 15) is 4.79 Å². The minimum absolute atomic E-state index is 0.230. The summed E-state index contributed by atoms with van der Waals surface area (Å²) < 4.78 is 1.86. The Bertz CT molecular complexity index is 754. The Morgan fingerprint density at radius 3 is 2.88 bits per heavy atom. The summed E-state index contributed by atoms with van der Waals surface area (Å²) in [6.07, 6.45) is 4.48. The van der Waals surface area contributed by atoms with Gasteiger partial charge in [-0.3, -0.25) is 9.79 Å². The van der Waals surface area contributed by atoms with Crippen molar-refractivity contribution in [3.63, 3.8) is 0 Å². The van der Waals surface area contributed by atoms with Crippen molar-refractivity contribution in [1.29, 1.82) is 0 Å². The third-order valence-corrected chi connectivity index (χ3v) is 4.61. The van der Waals surface area contributed by atoms with Crippen molar-refractivity contribution < 1.29 is 4.79 Å². The predicted molar refractivity (Wildman–Crippen MR) is 102 cm³/mol. The van der Waals surface area contributed by atoms with E-state index in [0.717, 1.165) is 43.3 Å². The summed E-state index contributed by atoms with van der Waals surface area (Å²) in [5.74, 6) is 0.914. The lowest BCUT2D eigenvalue weighted by molar-refractivity contribution is -0.119. The summed E-state index contributed by atoms with van der Waals surface area (Å²) in [6, 6.07) is 12.0. The molecule has 1 aromatic heterocycles. The SMILES string of the molecule is CN=C(NCc1ccn(-c2ccccc2)n1)N1CCCC(CC(N)=O)C1. The van der Waals surface area contributed by atoms with Crippen LogP contribution in [0.5, 0.6) is 0 Å². The second kappa shape index (κ2) is 8.51. The molecule has 7 heteroatoms. The van der Waals surface area contributed by atoms with Gasteiger partial charge in [0.1, 0.15) is 0 Å². The second-order valence-electron chi connectivity index (χ2n) is 6.61. The lowest BCUT2D eigenvalue weighted by Gasteiger charge is -2.34. The number of hydrogen-bond donors (Lipinski definition) is 2. The number of piperidine rings is 1. The lowest BCUT2D eigenvalue weighted by atomic mass is 9.95. The zero-order chi connectivity index (χ0) is 18.4. The molecule has 26 heavy (non-hydrogen) atoms. The molecule has 3 rings (SSSR count). The third kappa shape index (κ3) is 4.62. The van der Waals surface area contributed by atoms with E-state index in [2.05, 4.69) is 20.3 Å². The van der Waals surface area contributed by atoms with Gasteiger partial charge in [0.25, 0.3) is 0 Å². The number of hydrogen-bond acceptors (Lipinski definition) is 3. The summed E-state index contributed by atoms with van der Waals surface area (Å²) in [5.41, 5.74) is 7.33. The van der Waals surface area contributed by atoms with Gasteiger partial charge < -0.3 is 16.0 Å². The average Bonchev–Trinajstić information content (AvgIpc) is 3.12. The first-order valence-corrected chi connectivity index (χ1v) is 8.99. The van der Waals surface area contributed by atoms with Gasteiger partial charge in [-0.1, -0.05) is 18.2 Å². The van der Waals surface area contributed by atoms with E-state index in [-0.39, 0.29) is 5.91 Å². The molecule has 3 N–H and O–H groups in total. The molecule has 1 fully saturated rings. The zero-order valence-corrected chi connectivity index (χ0v) is 15.1. The topological polar surface area (TPSA) is 88.5 Å². The van der Waals surface area contributed by atoms with Gasteiger partial charge in [-0.25, -0.2) is 4.68 Å². The fourth-order valence-corrected chi connectivity index (χ4v) is 3.39. The largest absolute Gasteiger partial charge is 0.370 e. The molecular formula is C19H26N6O. The minimum atomic E-state index is -0.230. The van der Waals surface area contributed by atoms with E-state index in [1.54, 1.807) is 7.05 Å². The van der Waals surface area contributed by atoms with Crippen LogP contribution < -0.4 is 11.1 Å². The monoisotopic (exact) mass is 354 g/mol. The maximum atomic E-state index is 11.2. The molecule has 1 amide bonds. The minimum Gasteiger partial charge on any atom is -0.370 e. The number of primary amides is 1. The number of aliphatic imine (C=N–C) groups is 1. The smallest absolute Gasteiger partial charge is 0.217 e. The van der Waals surface area contributed by atoms with Crippen LogP contribution in [0.15, 0.2) is 47.6 Å². The van der Waals surface area contributed by atoms with Gasteiger partial charge in [0.05, 0.1) is 17.9 Å². The van der Waals surface area contributed by atoms with Crippen LogP contribution >= 0.6 is 0 Å². The van der Waals surface area contributed by atoms with Crippen LogP contribution in [-0.4, -0.2) is 46.7 Å². The molecular weight excluding hydrogens is 328 g/mol. The van der Waals surface area contributed by atoms with E-state index in [1.165, 1.54) is 0 Å². The summed E-state index contributed by atoms with van der Waals surface area (Å²) in [4.78, 5) is 17.8. The molecule has 1 saturated heterocycles. The highest BCUT2D eigenvalue weighted by Crippen LogP contribution is 2.19. The van der Waals surface area contributed by atoms with Crippen molar-refractivity contribution in [3.8, 4) is 5.69 Å². The highest BCUT2D eigenvalue weighted by molar-refractivity contribution is 5.80. The van der Waals surface area contributed by atoms with Crippen molar-refractivity contribution in [2.75, 3.05) is 20.1 Å². The second-order valence-corrected chi connectivity index (χ2v) is 6.61. The summed E-state index contributed by atoms with van der Waals surface area (Å²) >= 11 is 0. The Morgan fingerprint density at radius 1 is 1.35 bits per heavy atom. The van der Waals surface area contributed by atoms with Crippen LogP contribution in [0.4, 0.5) is 0 Å². The first-order chi connectivity index (χ1) is 12.7. The van der Waals surface area contributed by atoms with Crippen LogP contribution in [0.1, 0.15) is 25.0 Å². The van der Waals surface area contributed by atoms with Gasteiger partial charge in [-0.2, -0.15) is 5.10 Å². The summed E-state index contributed by atoms with van der Waals surface area (Å²) in [6.45, 7) is 2.35. The number of rotatable bonds is 5. The Kier molecular flexibility index (Phi) is 5.88. The molecule has 0 aliphatic carbocycles. The van der Waals surface area contributed by atoms with Crippen LogP contribution in [0.25, 0.3) is 5.69 Å². The normalized spacial score (nSPS) is 18.0. The molecule has 0 spiro atoms. The zero-order valence-electron chi connectivity index (χ0n) is 15.1. The molecule has 1 aromatic carbocycles. The number of likely N-dealkylation sites (tertiary alicyclic amines) is 1. The van der Waals surface area contributed by atoms with E-state index in [1.807, 2.05) is 47.3 Å². The maximum Gasteiger partial charge on any atom is 0.217 e. The van der Waals surface area contributed by atoms with Crippen LogP contribution in [0, 0.1) is 5.92 Å². The third-order valence-electron chi connectivity index (χ3n) is 4.61. The highest BCUT2D eigenvalue weighted by Gasteiger charge is 2.23. The number of carbonyl (C=O) groups excluding carboxylic acids is 1. The Morgan fingerprint density at radius 2 is 2.15 bits per heavy atom. The Hall–Kier alpha value is -2.83. The van der Waals surface area contributed by atoms with E-state index < -0.39 is 0 Å². The fraction of sp³-hybridized carbons (Fsp3) is 0.421. The number of para-hydroxylation sites is 1. The van der Waals surface area contributed by atoms with Gasteiger partial charge in [-0.05, 0) is 37.0 Å². The Labute approximate surface area is 153 Å². The van der Waals surface area contributed by atoms with Gasteiger partial charge >= 0.3 is 0 Å². The lowest BCUT2D eigenvalue weighted by Crippen LogP contribution is -2.47. The summed E-state index contributed by atoms with van der Waals surface area (Å²) in [5, 5.41) is 7.98. The molecule has 1 unspecified atom stereocenters.